The van der Waals surface area contributed by atoms with Crippen LogP contribution in [0.1, 0.15) is 34.5 Å². The Labute approximate surface area is 185 Å². The Balaban J connectivity index is 1.54. The molecule has 4 aromatic rings. The molecule has 3 aromatic carbocycles. The fourth-order valence-corrected chi connectivity index (χ4v) is 3.59. The second kappa shape index (κ2) is 9.09. The van der Waals surface area contributed by atoms with Crippen molar-refractivity contribution in [1.29, 1.82) is 0 Å². The summed E-state index contributed by atoms with van der Waals surface area (Å²) in [5, 5.41) is 8.38. The molecule has 4 rings (SSSR count). The maximum Gasteiger partial charge on any atom is 0.251 e. The normalized spacial score (nSPS) is 11.9. The highest BCUT2D eigenvalue weighted by Gasteiger charge is 2.15. The van der Waals surface area contributed by atoms with Crippen LogP contribution in [0.5, 0.6) is 11.5 Å². The van der Waals surface area contributed by atoms with E-state index in [1.54, 1.807) is 43.3 Å². The molecule has 1 N–H and O–H groups in total. The van der Waals surface area contributed by atoms with Gasteiger partial charge in [0.1, 0.15) is 5.82 Å². The first-order valence-corrected chi connectivity index (χ1v) is 10.2. The van der Waals surface area contributed by atoms with Gasteiger partial charge in [-0.05, 0) is 54.4 Å². The van der Waals surface area contributed by atoms with Crippen LogP contribution in [0.15, 0.2) is 66.9 Å². The van der Waals surface area contributed by atoms with E-state index >= 15 is 0 Å². The minimum atomic E-state index is -0.276. The predicted molar refractivity (Wildman–Crippen MR) is 121 cm³/mol. The molecule has 0 saturated heterocycles. The maximum absolute atomic E-state index is 13.2. The number of ether oxygens (including phenoxy) is 2. The van der Waals surface area contributed by atoms with Gasteiger partial charge < -0.3 is 14.8 Å². The zero-order chi connectivity index (χ0) is 22.7. The van der Waals surface area contributed by atoms with E-state index < -0.39 is 0 Å². The van der Waals surface area contributed by atoms with Crippen LogP contribution >= 0.6 is 0 Å². The van der Waals surface area contributed by atoms with E-state index in [4.69, 9.17) is 9.47 Å². The molecule has 1 atom stereocenters. The highest BCUT2D eigenvalue weighted by Crippen LogP contribution is 2.30. The maximum atomic E-state index is 13.2. The predicted octanol–water partition coefficient (Wildman–Crippen LogP) is 4.73. The molecule has 0 aliphatic heterocycles. The number of benzene rings is 3. The second-order valence-electron chi connectivity index (χ2n) is 7.51. The first-order chi connectivity index (χ1) is 15.5. The van der Waals surface area contributed by atoms with Gasteiger partial charge in [-0.15, -0.1) is 0 Å². The number of halogens is 1. The van der Waals surface area contributed by atoms with E-state index in [1.165, 1.54) is 12.1 Å². The quantitative estimate of drug-likeness (QED) is 0.458. The molecule has 0 radical (unpaired) electrons. The Morgan fingerprint density at radius 3 is 2.50 bits per heavy atom. The molecular formula is C25H24FN3O3. The second-order valence-corrected chi connectivity index (χ2v) is 7.51. The summed E-state index contributed by atoms with van der Waals surface area (Å²) in [4.78, 5) is 12.9. The van der Waals surface area contributed by atoms with Crippen LogP contribution in [0.3, 0.4) is 0 Å². The van der Waals surface area contributed by atoms with Gasteiger partial charge in [-0.3, -0.25) is 9.48 Å². The van der Waals surface area contributed by atoms with Gasteiger partial charge in [0.25, 0.3) is 5.91 Å². The summed E-state index contributed by atoms with van der Waals surface area (Å²) in [6.45, 7) is 2.40. The van der Waals surface area contributed by atoms with Crippen molar-refractivity contribution in [1.82, 2.24) is 15.1 Å². The summed E-state index contributed by atoms with van der Waals surface area (Å²) in [6, 6.07) is 17.1. The SMILES string of the molecule is COc1ccc([C@@H](C)NC(=O)c2ccc3cnn(Cc4ccc(F)cc4)c3c2)cc1OC. The Morgan fingerprint density at radius 1 is 1.03 bits per heavy atom. The highest BCUT2D eigenvalue weighted by molar-refractivity contribution is 5.98. The monoisotopic (exact) mass is 433 g/mol. The molecule has 0 spiro atoms. The molecule has 0 bridgehead atoms. The average molecular weight is 433 g/mol. The average Bonchev–Trinajstić information content (AvgIpc) is 3.21. The van der Waals surface area contributed by atoms with E-state index in [1.807, 2.05) is 37.3 Å². The Kier molecular flexibility index (Phi) is 6.07. The van der Waals surface area contributed by atoms with Crippen molar-refractivity contribution in [2.75, 3.05) is 14.2 Å². The smallest absolute Gasteiger partial charge is 0.251 e. The largest absolute Gasteiger partial charge is 0.493 e. The zero-order valence-electron chi connectivity index (χ0n) is 18.1. The summed E-state index contributed by atoms with van der Waals surface area (Å²) in [5.74, 6) is 0.775. The van der Waals surface area contributed by atoms with Crippen molar-refractivity contribution in [3.63, 3.8) is 0 Å². The number of amides is 1. The van der Waals surface area contributed by atoms with Gasteiger partial charge in [0.05, 0.1) is 38.5 Å². The third kappa shape index (κ3) is 4.42. The fraction of sp³-hybridized carbons (Fsp3) is 0.200. The lowest BCUT2D eigenvalue weighted by molar-refractivity contribution is 0.0940. The summed E-state index contributed by atoms with van der Waals surface area (Å²) in [7, 11) is 3.16. The molecule has 0 unspecified atom stereocenters. The van der Waals surface area contributed by atoms with Gasteiger partial charge in [-0.25, -0.2) is 4.39 Å². The molecule has 0 aliphatic rings. The number of carbonyl (C=O) groups excluding carboxylic acids is 1. The molecular weight excluding hydrogens is 409 g/mol. The number of fused-ring (bicyclic) bond motifs is 1. The van der Waals surface area contributed by atoms with Crippen molar-refractivity contribution in [3.05, 3.63) is 89.4 Å². The van der Waals surface area contributed by atoms with Crippen molar-refractivity contribution >= 4 is 16.8 Å². The van der Waals surface area contributed by atoms with Gasteiger partial charge in [0.15, 0.2) is 11.5 Å². The first kappa shape index (κ1) is 21.4. The number of methoxy groups -OCH3 is 2. The van der Waals surface area contributed by atoms with Crippen molar-refractivity contribution in [3.8, 4) is 11.5 Å². The van der Waals surface area contributed by atoms with Crippen LogP contribution in [0.25, 0.3) is 10.9 Å². The highest BCUT2D eigenvalue weighted by atomic mass is 19.1. The fourth-order valence-electron chi connectivity index (χ4n) is 3.59. The molecule has 1 aromatic heterocycles. The number of aromatic nitrogens is 2. The summed E-state index contributed by atoms with van der Waals surface area (Å²) < 4.78 is 25.6. The van der Waals surface area contributed by atoms with Crippen LogP contribution in [-0.4, -0.2) is 29.9 Å². The van der Waals surface area contributed by atoms with Crippen LogP contribution < -0.4 is 14.8 Å². The molecule has 7 heteroatoms. The van der Waals surface area contributed by atoms with E-state index in [0.29, 0.717) is 23.6 Å². The summed E-state index contributed by atoms with van der Waals surface area (Å²) in [6.07, 6.45) is 1.76. The van der Waals surface area contributed by atoms with E-state index in [2.05, 4.69) is 10.4 Å². The van der Waals surface area contributed by atoms with Crippen LogP contribution in [0, 0.1) is 5.82 Å². The number of hydrogen-bond acceptors (Lipinski definition) is 4. The van der Waals surface area contributed by atoms with Gasteiger partial charge in [0, 0.05) is 10.9 Å². The van der Waals surface area contributed by atoms with E-state index in [-0.39, 0.29) is 17.8 Å². The van der Waals surface area contributed by atoms with Crippen LogP contribution in [-0.2, 0) is 6.54 Å². The minimum Gasteiger partial charge on any atom is -0.493 e. The van der Waals surface area contributed by atoms with Crippen molar-refractivity contribution in [2.45, 2.75) is 19.5 Å². The molecule has 6 nitrogen and oxygen atoms in total. The standard InChI is InChI=1S/C25H24FN3O3/c1-16(18-8-11-23(31-2)24(13-18)32-3)28-25(30)19-6-7-20-14-27-29(22(20)12-19)15-17-4-9-21(26)10-5-17/h4-14,16H,15H2,1-3H3,(H,28,30)/t16-/m1/s1. The lowest BCUT2D eigenvalue weighted by Crippen LogP contribution is -2.26. The summed E-state index contributed by atoms with van der Waals surface area (Å²) >= 11 is 0. The molecule has 32 heavy (non-hydrogen) atoms. The van der Waals surface area contributed by atoms with Gasteiger partial charge in [-0.2, -0.15) is 5.10 Å². The van der Waals surface area contributed by atoms with E-state index in [0.717, 1.165) is 22.0 Å². The molecule has 1 amide bonds. The lowest BCUT2D eigenvalue weighted by atomic mass is 10.1. The number of carbonyl (C=O) groups is 1. The Morgan fingerprint density at radius 2 is 1.78 bits per heavy atom. The van der Waals surface area contributed by atoms with Gasteiger partial charge in [0.2, 0.25) is 0 Å². The van der Waals surface area contributed by atoms with Crippen molar-refractivity contribution in [2.24, 2.45) is 0 Å². The van der Waals surface area contributed by atoms with Gasteiger partial charge in [-0.1, -0.05) is 24.3 Å². The summed E-state index contributed by atoms with van der Waals surface area (Å²) in [5.41, 5.74) is 3.19. The molecule has 0 aliphatic carbocycles. The van der Waals surface area contributed by atoms with E-state index in [9.17, 15) is 9.18 Å². The number of nitrogens with zero attached hydrogens (tertiary/aromatic N) is 2. The third-order valence-electron chi connectivity index (χ3n) is 5.41. The topological polar surface area (TPSA) is 65.4 Å². The zero-order valence-corrected chi connectivity index (χ0v) is 18.1. The van der Waals surface area contributed by atoms with Crippen LogP contribution in [0.2, 0.25) is 0 Å². The Hall–Kier alpha value is -3.87. The Bertz CT molecular complexity index is 1250. The molecule has 1 heterocycles. The number of nitrogens with one attached hydrogen (secondary N) is 1. The molecule has 0 fully saturated rings. The minimum absolute atomic E-state index is 0.191. The lowest BCUT2D eigenvalue weighted by Gasteiger charge is -2.17. The number of hydrogen-bond donors (Lipinski definition) is 1. The van der Waals surface area contributed by atoms with Crippen molar-refractivity contribution < 1.29 is 18.7 Å². The molecule has 0 saturated carbocycles. The molecule has 164 valence electrons. The van der Waals surface area contributed by atoms with Crippen LogP contribution in [0.4, 0.5) is 4.39 Å². The van der Waals surface area contributed by atoms with Gasteiger partial charge >= 0.3 is 0 Å². The first-order valence-electron chi connectivity index (χ1n) is 10.2. The third-order valence-corrected chi connectivity index (χ3v) is 5.41. The number of rotatable bonds is 7.